The van der Waals surface area contributed by atoms with Crippen molar-refractivity contribution in [3.8, 4) is 11.5 Å². The summed E-state index contributed by atoms with van der Waals surface area (Å²) in [5.74, 6) is 0.799. The van der Waals surface area contributed by atoms with Gasteiger partial charge in [0.15, 0.2) is 6.79 Å². The van der Waals surface area contributed by atoms with E-state index in [4.69, 9.17) is 61.0 Å². The van der Waals surface area contributed by atoms with Crippen LogP contribution in [0.1, 0.15) is 11.1 Å². The minimum absolute atomic E-state index is 0.127. The van der Waals surface area contributed by atoms with Gasteiger partial charge >= 0.3 is 0 Å². The predicted molar refractivity (Wildman–Crippen MR) is 146 cm³/mol. The molecule has 0 aliphatic rings. The van der Waals surface area contributed by atoms with Gasteiger partial charge in [0, 0.05) is 23.6 Å². The first-order valence-electron chi connectivity index (χ1n) is 9.25. The number of hydrogen-bond donors (Lipinski definition) is 1. The van der Waals surface area contributed by atoms with Crippen LogP contribution in [0.25, 0.3) is 0 Å². The van der Waals surface area contributed by atoms with E-state index in [2.05, 4.69) is 51.5 Å². The Morgan fingerprint density at radius 2 is 1.39 bits per heavy atom. The molecule has 2 aromatic rings. The van der Waals surface area contributed by atoms with Crippen molar-refractivity contribution < 1.29 is 14.6 Å². The molecule has 0 unspecified atom stereocenters. The van der Waals surface area contributed by atoms with Crippen molar-refractivity contribution in [2.45, 2.75) is 39.5 Å². The Kier molecular flexibility index (Phi) is 16.2. The molecule has 1 N–H and O–H groups in total. The predicted octanol–water partition coefficient (Wildman–Crippen LogP) is 9.64. The van der Waals surface area contributed by atoms with E-state index in [0.717, 1.165) is 32.7 Å². The number of rotatable bonds is 6. The Bertz CT molecular complexity index is 768. The molecule has 0 amide bonds. The summed E-state index contributed by atoms with van der Waals surface area (Å²) >= 11 is 27.9. The number of phenols is 1. The van der Waals surface area contributed by atoms with Crippen molar-refractivity contribution >= 4 is 86.3 Å². The summed E-state index contributed by atoms with van der Waals surface area (Å²) in [7, 11) is -1.03. The summed E-state index contributed by atoms with van der Waals surface area (Å²) < 4.78 is 12.9. The van der Waals surface area contributed by atoms with E-state index in [1.165, 1.54) is 0 Å². The third kappa shape index (κ3) is 14.3. The second kappa shape index (κ2) is 16.0. The smallest absolute Gasteiger partial charge is 0.189 e. The highest BCUT2D eigenvalue weighted by Gasteiger charge is 2.12. The Hall–Kier alpha value is 0.337. The molecule has 10 heteroatoms. The van der Waals surface area contributed by atoms with E-state index in [9.17, 15) is 0 Å². The monoisotopic (exact) mass is 654 g/mol. The third-order valence-corrected chi connectivity index (χ3v) is 7.75. The normalized spacial score (nSPS) is 10.5. The Balaban J connectivity index is 0.000000580. The largest absolute Gasteiger partial charge is 0.506 e. The van der Waals surface area contributed by atoms with Gasteiger partial charge in [-0.3, -0.25) is 0 Å². The molecule has 0 atom stereocenters. The van der Waals surface area contributed by atoms with E-state index in [1.807, 2.05) is 26.0 Å². The van der Waals surface area contributed by atoms with Crippen LogP contribution in [-0.4, -0.2) is 31.9 Å². The highest BCUT2D eigenvalue weighted by molar-refractivity contribution is 9.10. The lowest BCUT2D eigenvalue weighted by Gasteiger charge is -2.16. The van der Waals surface area contributed by atoms with Crippen molar-refractivity contribution in [1.29, 1.82) is 0 Å². The van der Waals surface area contributed by atoms with Gasteiger partial charge < -0.3 is 14.6 Å². The zero-order valence-corrected chi connectivity index (χ0v) is 25.4. The van der Waals surface area contributed by atoms with Gasteiger partial charge in [0.2, 0.25) is 0 Å². The zero-order valence-electron chi connectivity index (χ0n) is 18.2. The van der Waals surface area contributed by atoms with Gasteiger partial charge in [-0.15, -0.1) is 23.2 Å². The molecule has 0 radical (unpaired) electrons. The van der Waals surface area contributed by atoms with Crippen molar-refractivity contribution in [3.05, 3.63) is 54.4 Å². The molecule has 0 saturated carbocycles. The molecule has 0 bridgehead atoms. The fraction of sp³-hybridized carbons (Fsp3) is 0.429. The van der Waals surface area contributed by atoms with Crippen LogP contribution in [0.2, 0.25) is 35.7 Å². The molecular weight excluding hydrogens is 630 g/mol. The summed E-state index contributed by atoms with van der Waals surface area (Å²) in [5.41, 5.74) is 2.07. The van der Waals surface area contributed by atoms with Crippen LogP contribution in [-0.2, 0) is 4.74 Å². The molecule has 2 aromatic carbocycles. The van der Waals surface area contributed by atoms with E-state index in [0.29, 0.717) is 15.8 Å². The summed E-state index contributed by atoms with van der Waals surface area (Å²) in [4.78, 5) is 0. The third-order valence-electron chi connectivity index (χ3n) is 3.74. The van der Waals surface area contributed by atoms with Crippen molar-refractivity contribution in [2.24, 2.45) is 0 Å². The first kappa shape index (κ1) is 31.3. The van der Waals surface area contributed by atoms with Crippen LogP contribution in [0.3, 0.4) is 0 Å². The number of ether oxygens (including phenoxy) is 2. The molecular formula is C21H28Br2Cl4O3Si. The maximum atomic E-state index is 9.07. The number of aryl methyl sites for hydroxylation is 2. The van der Waals surface area contributed by atoms with Gasteiger partial charge in [0.05, 0.1) is 15.4 Å². The summed E-state index contributed by atoms with van der Waals surface area (Å²) in [6.07, 6.45) is 0. The van der Waals surface area contributed by atoms with Crippen LogP contribution in [0, 0.1) is 13.8 Å². The number of halogens is 6. The number of hydrogen-bond acceptors (Lipinski definition) is 3. The zero-order chi connectivity index (χ0) is 24.2. The first-order chi connectivity index (χ1) is 14.3. The molecule has 2 rings (SSSR count). The quantitative estimate of drug-likeness (QED) is 0.146. The second-order valence-corrected chi connectivity index (χ2v) is 16.6. The number of phenolic OH excluding ortho intramolecular Hbond substituents is 1. The number of aromatic hydroxyl groups is 1. The molecule has 0 aliphatic carbocycles. The maximum absolute atomic E-state index is 9.07. The fourth-order valence-corrected chi connectivity index (χ4v) is 4.01. The molecule has 0 fully saturated rings. The van der Waals surface area contributed by atoms with Gasteiger partial charge in [0.25, 0.3) is 0 Å². The van der Waals surface area contributed by atoms with E-state index in [-0.39, 0.29) is 17.9 Å². The Morgan fingerprint density at radius 3 is 1.87 bits per heavy atom. The average molecular weight is 658 g/mol. The van der Waals surface area contributed by atoms with Crippen LogP contribution in [0.4, 0.5) is 0 Å². The lowest BCUT2D eigenvalue weighted by molar-refractivity contribution is 0.0221. The SMILES string of the molecule is Cc1cc(O)c(Cl)cc1Br.Cc1cc(OCOCC[Si](C)(C)C)c(Cl)cc1Br.ClCCl. The summed E-state index contributed by atoms with van der Waals surface area (Å²) in [5, 5.41) is 10.2. The molecule has 176 valence electrons. The van der Waals surface area contributed by atoms with Crippen molar-refractivity contribution in [2.75, 3.05) is 18.7 Å². The minimum Gasteiger partial charge on any atom is -0.506 e. The minimum atomic E-state index is -1.03. The Labute approximate surface area is 223 Å². The summed E-state index contributed by atoms with van der Waals surface area (Å²) in [6, 6.07) is 8.19. The van der Waals surface area contributed by atoms with E-state index in [1.54, 1.807) is 12.1 Å². The molecule has 0 spiro atoms. The number of alkyl halides is 2. The van der Waals surface area contributed by atoms with Crippen LogP contribution in [0.5, 0.6) is 11.5 Å². The fourth-order valence-electron chi connectivity index (χ4n) is 1.93. The van der Waals surface area contributed by atoms with Crippen molar-refractivity contribution in [1.82, 2.24) is 0 Å². The molecule has 0 heterocycles. The summed E-state index contributed by atoms with van der Waals surface area (Å²) in [6.45, 7) is 11.9. The van der Waals surface area contributed by atoms with E-state index >= 15 is 0 Å². The van der Waals surface area contributed by atoms with Crippen LogP contribution in [0.15, 0.2) is 33.2 Å². The van der Waals surface area contributed by atoms with Gasteiger partial charge in [-0.05, 0) is 55.3 Å². The second-order valence-electron chi connectivity index (χ2n) is 7.67. The molecule has 3 nitrogen and oxygen atoms in total. The van der Waals surface area contributed by atoms with Crippen LogP contribution >= 0.6 is 78.3 Å². The maximum Gasteiger partial charge on any atom is 0.189 e. The van der Waals surface area contributed by atoms with E-state index < -0.39 is 8.07 Å². The van der Waals surface area contributed by atoms with Gasteiger partial charge in [-0.25, -0.2) is 0 Å². The standard InChI is InChI=1S/C13H20BrClO2Si.C7H6BrClO.CH2Cl2/c1-10-7-13(12(15)8-11(10)14)17-9-16-5-6-18(2,3)4;1-4-2-7(10)6(9)3-5(4)8;2-1-3/h7-8H,5-6,9H2,1-4H3;2-3,10H,1H3;1H2. The number of benzene rings is 2. The van der Waals surface area contributed by atoms with Crippen molar-refractivity contribution in [3.63, 3.8) is 0 Å². The lowest BCUT2D eigenvalue weighted by atomic mass is 10.2. The lowest BCUT2D eigenvalue weighted by Crippen LogP contribution is -2.22. The highest BCUT2D eigenvalue weighted by Crippen LogP contribution is 2.31. The molecule has 0 aliphatic heterocycles. The Morgan fingerprint density at radius 1 is 0.903 bits per heavy atom. The highest BCUT2D eigenvalue weighted by atomic mass is 79.9. The van der Waals surface area contributed by atoms with Crippen LogP contribution < -0.4 is 4.74 Å². The molecule has 0 saturated heterocycles. The topological polar surface area (TPSA) is 38.7 Å². The first-order valence-corrected chi connectivity index (χ1v) is 16.4. The average Bonchev–Trinajstić information content (AvgIpc) is 2.64. The van der Waals surface area contributed by atoms with Gasteiger partial charge in [0.1, 0.15) is 11.5 Å². The van der Waals surface area contributed by atoms with Gasteiger partial charge in [-0.1, -0.05) is 74.7 Å². The molecule has 0 aromatic heterocycles. The molecule has 31 heavy (non-hydrogen) atoms. The van der Waals surface area contributed by atoms with Gasteiger partial charge in [-0.2, -0.15) is 0 Å².